The van der Waals surface area contributed by atoms with Gasteiger partial charge in [0.05, 0.1) is 18.2 Å². The van der Waals surface area contributed by atoms with Crippen LogP contribution in [0.5, 0.6) is 0 Å². The van der Waals surface area contributed by atoms with Gasteiger partial charge in [-0.2, -0.15) is 0 Å². The third kappa shape index (κ3) is 1.89. The van der Waals surface area contributed by atoms with E-state index in [0.717, 1.165) is 17.8 Å². The van der Waals surface area contributed by atoms with Gasteiger partial charge < -0.3 is 10.3 Å². The lowest BCUT2D eigenvalue weighted by Crippen LogP contribution is -2.00. The lowest BCUT2D eigenvalue weighted by molar-refractivity contribution is 0.725. The predicted molar refractivity (Wildman–Crippen MR) is 63.3 cm³/mol. The summed E-state index contributed by atoms with van der Waals surface area (Å²) in [5.74, 6) is 2.60. The summed E-state index contributed by atoms with van der Waals surface area (Å²) in [6, 6.07) is 1.77. The third-order valence-corrected chi connectivity index (χ3v) is 2.34. The fourth-order valence-electron chi connectivity index (χ4n) is 1.53. The molecule has 2 aromatic heterocycles. The number of anilines is 1. The second kappa shape index (κ2) is 4.49. The van der Waals surface area contributed by atoms with Crippen LogP contribution in [0, 0.1) is 12.3 Å². The summed E-state index contributed by atoms with van der Waals surface area (Å²) in [5.41, 5.74) is 8.41. The fraction of sp³-hybridized carbons (Fsp3) is 0.167. The van der Waals surface area contributed by atoms with E-state index in [2.05, 4.69) is 15.9 Å². The first-order chi connectivity index (χ1) is 7.83. The predicted octanol–water partition coefficient (Wildman–Crippen LogP) is 1.55. The molecule has 0 aliphatic carbocycles. The molecule has 0 atom stereocenters. The monoisotopic (exact) mass is 212 g/mol. The third-order valence-electron chi connectivity index (χ3n) is 2.34. The molecule has 0 radical (unpaired) electrons. The van der Waals surface area contributed by atoms with E-state index in [0.29, 0.717) is 12.1 Å². The maximum Gasteiger partial charge on any atom is 0.0951 e. The SMILES string of the molecule is C#CCCn1cncc1-c1cnccc1N. The standard InChI is InChI=1S/C12H12N4/c1-2-3-6-16-9-15-8-12(16)10-7-14-5-4-11(10)13/h1,4-5,7-9H,3,6H2,(H2,13,14). The highest BCUT2D eigenvalue weighted by Gasteiger charge is 2.07. The van der Waals surface area contributed by atoms with E-state index in [4.69, 9.17) is 12.2 Å². The van der Waals surface area contributed by atoms with Crippen LogP contribution in [0.15, 0.2) is 31.0 Å². The van der Waals surface area contributed by atoms with Crippen LogP contribution in [0.3, 0.4) is 0 Å². The molecule has 80 valence electrons. The van der Waals surface area contributed by atoms with Crippen LogP contribution in [-0.4, -0.2) is 14.5 Å². The van der Waals surface area contributed by atoms with Gasteiger partial charge in [-0.05, 0) is 6.07 Å². The number of aromatic nitrogens is 3. The van der Waals surface area contributed by atoms with Gasteiger partial charge in [0.15, 0.2) is 0 Å². The molecule has 4 heteroatoms. The Kier molecular flexibility index (Phi) is 2.88. The van der Waals surface area contributed by atoms with Crippen molar-refractivity contribution in [2.24, 2.45) is 0 Å². The topological polar surface area (TPSA) is 56.7 Å². The number of hydrogen-bond donors (Lipinski definition) is 1. The number of imidazole rings is 1. The molecule has 2 N–H and O–H groups in total. The Labute approximate surface area is 94.1 Å². The normalized spacial score (nSPS) is 9.94. The summed E-state index contributed by atoms with van der Waals surface area (Å²) >= 11 is 0. The van der Waals surface area contributed by atoms with Crippen molar-refractivity contribution < 1.29 is 0 Å². The van der Waals surface area contributed by atoms with Gasteiger partial charge >= 0.3 is 0 Å². The maximum atomic E-state index is 5.89. The molecular weight excluding hydrogens is 200 g/mol. The Hall–Kier alpha value is -2.28. The second-order valence-corrected chi connectivity index (χ2v) is 3.39. The minimum atomic E-state index is 0.670. The fourth-order valence-corrected chi connectivity index (χ4v) is 1.53. The van der Waals surface area contributed by atoms with Crippen LogP contribution in [0.25, 0.3) is 11.3 Å². The molecule has 2 aromatic rings. The van der Waals surface area contributed by atoms with Crippen LogP contribution in [0.4, 0.5) is 5.69 Å². The molecule has 0 aliphatic rings. The largest absolute Gasteiger partial charge is 0.398 e. The van der Waals surface area contributed by atoms with Gasteiger partial charge in [0.1, 0.15) is 0 Å². The molecule has 0 bridgehead atoms. The average Bonchev–Trinajstić information content (AvgIpc) is 2.75. The highest BCUT2D eigenvalue weighted by atomic mass is 15.0. The molecule has 4 nitrogen and oxygen atoms in total. The summed E-state index contributed by atoms with van der Waals surface area (Å²) in [6.07, 6.45) is 12.8. The first-order valence-electron chi connectivity index (χ1n) is 4.96. The van der Waals surface area contributed by atoms with Crippen molar-refractivity contribution in [1.82, 2.24) is 14.5 Å². The van der Waals surface area contributed by atoms with Crippen LogP contribution in [0.1, 0.15) is 6.42 Å². The van der Waals surface area contributed by atoms with Gasteiger partial charge in [0, 0.05) is 36.6 Å². The molecule has 0 aromatic carbocycles. The number of rotatable bonds is 3. The van der Waals surface area contributed by atoms with Crippen molar-refractivity contribution in [2.75, 3.05) is 5.73 Å². The minimum absolute atomic E-state index is 0.670. The van der Waals surface area contributed by atoms with Crippen molar-refractivity contribution in [2.45, 2.75) is 13.0 Å². The van der Waals surface area contributed by atoms with E-state index in [1.54, 1.807) is 31.0 Å². The molecule has 0 fully saturated rings. The van der Waals surface area contributed by atoms with E-state index >= 15 is 0 Å². The molecular formula is C12H12N4. The number of nitrogens with two attached hydrogens (primary N) is 1. The van der Waals surface area contributed by atoms with Crippen LogP contribution in [-0.2, 0) is 6.54 Å². The lowest BCUT2D eigenvalue weighted by atomic mass is 10.2. The van der Waals surface area contributed by atoms with Gasteiger partial charge in [0.2, 0.25) is 0 Å². The second-order valence-electron chi connectivity index (χ2n) is 3.39. The van der Waals surface area contributed by atoms with E-state index in [1.165, 1.54) is 0 Å². The Morgan fingerprint density at radius 1 is 1.38 bits per heavy atom. The minimum Gasteiger partial charge on any atom is -0.398 e. The summed E-state index contributed by atoms with van der Waals surface area (Å²) in [4.78, 5) is 8.17. The number of terminal acetylenes is 1. The first kappa shape index (κ1) is 10.2. The smallest absolute Gasteiger partial charge is 0.0951 e. The van der Waals surface area contributed by atoms with Crippen molar-refractivity contribution in [3.05, 3.63) is 31.0 Å². The summed E-state index contributed by atoms with van der Waals surface area (Å²) in [5, 5.41) is 0. The number of nitrogens with zero attached hydrogens (tertiary/aromatic N) is 3. The molecule has 16 heavy (non-hydrogen) atoms. The van der Waals surface area contributed by atoms with E-state index in [-0.39, 0.29) is 0 Å². The molecule has 0 unspecified atom stereocenters. The average molecular weight is 212 g/mol. The molecule has 0 saturated heterocycles. The van der Waals surface area contributed by atoms with Crippen LogP contribution >= 0.6 is 0 Å². The highest BCUT2D eigenvalue weighted by Crippen LogP contribution is 2.24. The summed E-state index contributed by atoms with van der Waals surface area (Å²) in [6.45, 7) is 0.736. The Morgan fingerprint density at radius 3 is 3.00 bits per heavy atom. The highest BCUT2D eigenvalue weighted by molar-refractivity contribution is 5.72. The zero-order chi connectivity index (χ0) is 11.4. The first-order valence-corrected chi connectivity index (χ1v) is 4.96. The van der Waals surface area contributed by atoms with Crippen molar-refractivity contribution in [1.29, 1.82) is 0 Å². The molecule has 0 aliphatic heterocycles. The van der Waals surface area contributed by atoms with Gasteiger partial charge in [-0.1, -0.05) is 0 Å². The number of nitrogen functional groups attached to an aromatic ring is 1. The zero-order valence-corrected chi connectivity index (χ0v) is 8.80. The summed E-state index contributed by atoms with van der Waals surface area (Å²) in [7, 11) is 0. The Balaban J connectivity index is 2.38. The lowest BCUT2D eigenvalue weighted by Gasteiger charge is -2.07. The van der Waals surface area contributed by atoms with Gasteiger partial charge in [0.25, 0.3) is 0 Å². The zero-order valence-electron chi connectivity index (χ0n) is 8.80. The van der Waals surface area contributed by atoms with Crippen LogP contribution in [0.2, 0.25) is 0 Å². The molecule has 0 spiro atoms. The summed E-state index contributed by atoms with van der Waals surface area (Å²) < 4.78 is 1.98. The molecule has 2 rings (SSSR count). The van der Waals surface area contributed by atoms with Crippen LogP contribution < -0.4 is 5.73 Å². The van der Waals surface area contributed by atoms with Crippen molar-refractivity contribution in [3.8, 4) is 23.6 Å². The molecule has 2 heterocycles. The van der Waals surface area contributed by atoms with E-state index in [9.17, 15) is 0 Å². The Bertz CT molecular complexity index is 522. The van der Waals surface area contributed by atoms with Crippen molar-refractivity contribution >= 4 is 5.69 Å². The van der Waals surface area contributed by atoms with Gasteiger partial charge in [-0.15, -0.1) is 12.3 Å². The molecule has 0 amide bonds. The number of pyridine rings is 1. The van der Waals surface area contributed by atoms with E-state index in [1.807, 2.05) is 4.57 Å². The number of hydrogen-bond acceptors (Lipinski definition) is 3. The molecule has 0 saturated carbocycles. The quantitative estimate of drug-likeness (QED) is 0.785. The van der Waals surface area contributed by atoms with E-state index < -0.39 is 0 Å². The van der Waals surface area contributed by atoms with Crippen molar-refractivity contribution in [3.63, 3.8) is 0 Å². The maximum absolute atomic E-state index is 5.89. The van der Waals surface area contributed by atoms with Gasteiger partial charge in [-0.25, -0.2) is 4.98 Å². The van der Waals surface area contributed by atoms with Gasteiger partial charge in [-0.3, -0.25) is 4.98 Å². The number of aryl methyl sites for hydroxylation is 1. The Morgan fingerprint density at radius 2 is 2.25 bits per heavy atom.